The number of likely N-dealkylation sites (tertiary alicyclic amines) is 1. The Kier molecular flexibility index (Phi) is 6.44. The fourth-order valence-electron chi connectivity index (χ4n) is 4.43. The molecule has 2 aromatic carbocycles. The number of anilines is 2. The van der Waals surface area contributed by atoms with E-state index in [0.29, 0.717) is 31.0 Å². The smallest absolute Gasteiger partial charge is 0.272 e. The van der Waals surface area contributed by atoms with Gasteiger partial charge in [0.05, 0.1) is 56.4 Å². The molecule has 0 spiro atoms. The van der Waals surface area contributed by atoms with E-state index in [1.165, 1.54) is 0 Å². The second-order valence-corrected chi connectivity index (χ2v) is 8.97. The first-order valence-corrected chi connectivity index (χ1v) is 11.7. The Balaban J connectivity index is 1.48. The van der Waals surface area contributed by atoms with Crippen molar-refractivity contribution in [3.05, 3.63) is 55.0 Å². The van der Waals surface area contributed by atoms with E-state index in [4.69, 9.17) is 14.5 Å². The van der Waals surface area contributed by atoms with Gasteiger partial charge in [-0.15, -0.1) is 0 Å². The van der Waals surface area contributed by atoms with Crippen LogP contribution in [0.25, 0.3) is 22.3 Å². The highest BCUT2D eigenvalue weighted by Crippen LogP contribution is 2.35. The molecule has 188 valence electrons. The van der Waals surface area contributed by atoms with Crippen molar-refractivity contribution in [2.24, 2.45) is 7.05 Å². The molecule has 36 heavy (non-hydrogen) atoms. The Morgan fingerprint density at radius 2 is 1.72 bits per heavy atom. The Bertz CT molecular complexity index is 1350. The average molecular weight is 495 g/mol. The van der Waals surface area contributed by atoms with E-state index < -0.39 is 5.92 Å². The zero-order valence-electron chi connectivity index (χ0n) is 20.5. The Hall–Kier alpha value is -3.79. The maximum Gasteiger partial charge on any atom is 0.272 e. The molecule has 0 N–H and O–H groups in total. The Morgan fingerprint density at radius 3 is 2.36 bits per heavy atom. The predicted octanol–water partition coefficient (Wildman–Crippen LogP) is 4.53. The van der Waals surface area contributed by atoms with Gasteiger partial charge >= 0.3 is 0 Å². The van der Waals surface area contributed by atoms with E-state index in [1.807, 2.05) is 49.6 Å². The molecule has 1 aliphatic heterocycles. The summed E-state index contributed by atoms with van der Waals surface area (Å²) in [5.74, 6) is -1.24. The molecule has 1 saturated heterocycles. The molecule has 2 aromatic heterocycles. The number of hydrogen-bond acceptors (Lipinski definition) is 7. The lowest BCUT2D eigenvalue weighted by molar-refractivity contribution is -0.130. The van der Waals surface area contributed by atoms with Crippen molar-refractivity contribution < 1.29 is 18.3 Å². The first kappa shape index (κ1) is 23.9. The highest BCUT2D eigenvalue weighted by molar-refractivity contribution is 5.82. The minimum Gasteiger partial charge on any atom is -0.497 e. The maximum absolute atomic E-state index is 13.3. The standard InChI is InChI=1S/C26H28F2N6O2/c1-32-15-18(13-30-32)25-14-29-23-6-5-19(11-24(23)31-25)34(8-4-7-33-16-26(27,28)17-33)20-9-21(35-2)12-22(10-20)36-3/h5-6,9-15H,4,7-8,16-17H2,1-3H3. The van der Waals surface area contributed by atoms with Crippen molar-refractivity contribution in [1.82, 2.24) is 24.6 Å². The maximum atomic E-state index is 13.3. The van der Waals surface area contributed by atoms with Crippen molar-refractivity contribution in [2.45, 2.75) is 12.3 Å². The van der Waals surface area contributed by atoms with E-state index in [1.54, 1.807) is 36.2 Å². The van der Waals surface area contributed by atoms with Crippen LogP contribution in [0.2, 0.25) is 0 Å². The summed E-state index contributed by atoms with van der Waals surface area (Å²) in [5.41, 5.74) is 4.92. The van der Waals surface area contributed by atoms with Crippen LogP contribution in [-0.4, -0.2) is 71.0 Å². The minimum absolute atomic E-state index is 0.178. The van der Waals surface area contributed by atoms with Crippen LogP contribution in [0.1, 0.15) is 6.42 Å². The van der Waals surface area contributed by atoms with Gasteiger partial charge in [-0.25, -0.2) is 13.8 Å². The molecular weight excluding hydrogens is 466 g/mol. The van der Waals surface area contributed by atoms with Gasteiger partial charge in [0.15, 0.2) is 0 Å². The highest BCUT2D eigenvalue weighted by Gasteiger charge is 2.43. The topological polar surface area (TPSA) is 68.5 Å². The summed E-state index contributed by atoms with van der Waals surface area (Å²) >= 11 is 0. The lowest BCUT2D eigenvalue weighted by Crippen LogP contribution is -2.56. The molecule has 1 aliphatic rings. The van der Waals surface area contributed by atoms with Crippen LogP contribution in [0.3, 0.4) is 0 Å². The first-order valence-electron chi connectivity index (χ1n) is 11.7. The lowest BCUT2D eigenvalue weighted by atomic mass is 10.1. The number of halogens is 2. The van der Waals surface area contributed by atoms with Crippen LogP contribution < -0.4 is 14.4 Å². The van der Waals surface area contributed by atoms with Gasteiger partial charge in [0.1, 0.15) is 11.5 Å². The van der Waals surface area contributed by atoms with Gasteiger partial charge in [0, 0.05) is 61.5 Å². The second-order valence-electron chi connectivity index (χ2n) is 8.97. The third kappa shape index (κ3) is 5.08. The van der Waals surface area contributed by atoms with Crippen LogP contribution in [0.4, 0.5) is 20.2 Å². The summed E-state index contributed by atoms with van der Waals surface area (Å²) in [6, 6.07) is 11.6. The van der Waals surface area contributed by atoms with Crippen LogP contribution in [0.15, 0.2) is 55.0 Å². The zero-order chi connectivity index (χ0) is 25.3. The molecule has 0 unspecified atom stereocenters. The zero-order valence-corrected chi connectivity index (χ0v) is 20.5. The summed E-state index contributed by atoms with van der Waals surface area (Å²) in [6.07, 6.45) is 6.10. The number of ether oxygens (including phenoxy) is 2. The summed E-state index contributed by atoms with van der Waals surface area (Å²) in [7, 11) is 5.08. The Labute approximate surface area is 208 Å². The summed E-state index contributed by atoms with van der Waals surface area (Å²) in [6.45, 7) is 0.844. The monoisotopic (exact) mass is 494 g/mol. The van der Waals surface area contributed by atoms with E-state index in [9.17, 15) is 8.78 Å². The number of methoxy groups -OCH3 is 2. The molecule has 0 radical (unpaired) electrons. The summed E-state index contributed by atoms with van der Waals surface area (Å²) < 4.78 is 39.2. The molecule has 0 saturated carbocycles. The lowest BCUT2D eigenvalue weighted by Gasteiger charge is -2.39. The molecule has 0 atom stereocenters. The van der Waals surface area contributed by atoms with E-state index in [-0.39, 0.29) is 13.1 Å². The molecule has 5 rings (SSSR count). The van der Waals surface area contributed by atoms with Crippen molar-refractivity contribution >= 4 is 22.4 Å². The fraction of sp³-hybridized carbons (Fsp3) is 0.346. The van der Waals surface area contributed by atoms with Crippen LogP contribution in [0.5, 0.6) is 11.5 Å². The molecular formula is C26H28F2N6O2. The molecule has 10 heteroatoms. The molecule has 8 nitrogen and oxygen atoms in total. The van der Waals surface area contributed by atoms with Gasteiger partial charge < -0.3 is 14.4 Å². The molecule has 0 amide bonds. The van der Waals surface area contributed by atoms with Crippen LogP contribution >= 0.6 is 0 Å². The van der Waals surface area contributed by atoms with Crippen molar-refractivity contribution in [1.29, 1.82) is 0 Å². The number of fused-ring (bicyclic) bond motifs is 1. The number of rotatable bonds is 9. The Morgan fingerprint density at radius 1 is 0.972 bits per heavy atom. The van der Waals surface area contributed by atoms with Gasteiger partial charge in [-0.3, -0.25) is 14.6 Å². The number of benzene rings is 2. The molecule has 3 heterocycles. The molecule has 0 aliphatic carbocycles. The van der Waals surface area contributed by atoms with Gasteiger partial charge in [0.25, 0.3) is 5.92 Å². The van der Waals surface area contributed by atoms with Gasteiger partial charge in [-0.1, -0.05) is 0 Å². The van der Waals surface area contributed by atoms with E-state index in [0.717, 1.165) is 33.7 Å². The fourth-order valence-corrected chi connectivity index (χ4v) is 4.43. The van der Waals surface area contributed by atoms with Crippen LogP contribution in [0, 0.1) is 0 Å². The first-order chi connectivity index (χ1) is 17.3. The summed E-state index contributed by atoms with van der Waals surface area (Å²) in [4.78, 5) is 13.3. The largest absolute Gasteiger partial charge is 0.497 e. The number of aromatic nitrogens is 4. The molecule has 1 fully saturated rings. The number of alkyl halides is 2. The van der Waals surface area contributed by atoms with Gasteiger partial charge in [-0.05, 0) is 24.6 Å². The average Bonchev–Trinajstić information content (AvgIpc) is 3.30. The van der Waals surface area contributed by atoms with Crippen molar-refractivity contribution in [3.63, 3.8) is 0 Å². The normalized spacial score (nSPS) is 15.0. The quantitative estimate of drug-likeness (QED) is 0.339. The minimum atomic E-state index is -2.57. The third-order valence-corrected chi connectivity index (χ3v) is 6.25. The van der Waals surface area contributed by atoms with E-state index in [2.05, 4.69) is 15.0 Å². The highest BCUT2D eigenvalue weighted by atomic mass is 19.3. The van der Waals surface area contributed by atoms with E-state index >= 15 is 0 Å². The van der Waals surface area contributed by atoms with Gasteiger partial charge in [-0.2, -0.15) is 5.10 Å². The number of aryl methyl sites for hydroxylation is 1. The number of nitrogens with zero attached hydrogens (tertiary/aromatic N) is 6. The predicted molar refractivity (Wildman–Crippen MR) is 134 cm³/mol. The SMILES string of the molecule is COc1cc(OC)cc(N(CCCN2CC(F)(F)C2)c2ccc3ncc(-c4cnn(C)c4)nc3c2)c1. The molecule has 4 aromatic rings. The molecule has 0 bridgehead atoms. The second kappa shape index (κ2) is 9.69. The summed E-state index contributed by atoms with van der Waals surface area (Å²) in [5, 5.41) is 4.23. The van der Waals surface area contributed by atoms with Gasteiger partial charge in [0.2, 0.25) is 0 Å². The van der Waals surface area contributed by atoms with Crippen molar-refractivity contribution in [3.8, 4) is 22.8 Å². The van der Waals surface area contributed by atoms with Crippen LogP contribution in [-0.2, 0) is 7.05 Å². The third-order valence-electron chi connectivity index (χ3n) is 6.25. The van der Waals surface area contributed by atoms with Crippen molar-refractivity contribution in [2.75, 3.05) is 45.3 Å². The number of hydrogen-bond donors (Lipinski definition) is 0.